The van der Waals surface area contributed by atoms with E-state index in [2.05, 4.69) is 36.5 Å². The molecule has 82 valence electrons. The highest BCUT2D eigenvalue weighted by Gasteiger charge is 2.33. The quantitative estimate of drug-likeness (QED) is 0.790. The Balaban J connectivity index is 2.16. The number of hydrogen-bond donors (Lipinski definition) is 2. The predicted molar refractivity (Wildman–Crippen MR) is 63.7 cm³/mol. The van der Waals surface area contributed by atoms with E-state index in [9.17, 15) is 0 Å². The van der Waals surface area contributed by atoms with Gasteiger partial charge in [0.1, 0.15) is 0 Å². The second-order valence-corrected chi connectivity index (χ2v) is 4.61. The van der Waals surface area contributed by atoms with E-state index in [1.165, 1.54) is 11.1 Å². The van der Waals surface area contributed by atoms with E-state index in [0.717, 1.165) is 12.8 Å². The summed E-state index contributed by atoms with van der Waals surface area (Å²) in [6.45, 7) is 2.18. The van der Waals surface area contributed by atoms with Crippen LogP contribution in [0.25, 0.3) is 0 Å². The summed E-state index contributed by atoms with van der Waals surface area (Å²) in [5, 5.41) is 3.43. The van der Waals surface area contributed by atoms with Crippen LogP contribution in [0.15, 0.2) is 24.3 Å². The van der Waals surface area contributed by atoms with E-state index >= 15 is 0 Å². The molecule has 1 atom stereocenters. The first-order chi connectivity index (χ1) is 7.22. The van der Waals surface area contributed by atoms with Gasteiger partial charge in [-0.2, -0.15) is 0 Å². The maximum absolute atomic E-state index is 5.85. The maximum atomic E-state index is 5.85. The van der Waals surface area contributed by atoms with Crippen LogP contribution in [0.4, 0.5) is 0 Å². The van der Waals surface area contributed by atoms with Crippen molar-refractivity contribution in [1.29, 1.82) is 0 Å². The van der Waals surface area contributed by atoms with E-state index in [1.807, 2.05) is 7.05 Å². The highest BCUT2D eigenvalue weighted by atomic mass is 14.9. The predicted octanol–water partition coefficient (Wildman–Crippen LogP) is 1.99. The first-order valence-corrected chi connectivity index (χ1v) is 5.70. The van der Waals surface area contributed by atoms with Crippen LogP contribution in [0.3, 0.4) is 0 Å². The third-order valence-corrected chi connectivity index (χ3v) is 3.52. The van der Waals surface area contributed by atoms with Crippen LogP contribution >= 0.6 is 0 Å². The molecule has 1 aliphatic carbocycles. The fourth-order valence-corrected chi connectivity index (χ4v) is 2.56. The van der Waals surface area contributed by atoms with Crippen LogP contribution in [0, 0.1) is 12.8 Å². The van der Waals surface area contributed by atoms with Gasteiger partial charge in [-0.1, -0.05) is 24.3 Å². The van der Waals surface area contributed by atoms with Gasteiger partial charge in [0.2, 0.25) is 0 Å². The molecule has 0 aromatic heterocycles. The van der Waals surface area contributed by atoms with E-state index in [0.29, 0.717) is 18.0 Å². The second-order valence-electron chi connectivity index (χ2n) is 4.61. The van der Waals surface area contributed by atoms with Gasteiger partial charge in [0.25, 0.3) is 0 Å². The van der Waals surface area contributed by atoms with Gasteiger partial charge in [-0.15, -0.1) is 0 Å². The minimum Gasteiger partial charge on any atom is -0.328 e. The fraction of sp³-hybridized carbons (Fsp3) is 0.538. The smallest absolute Gasteiger partial charge is 0.0349 e. The zero-order valence-electron chi connectivity index (χ0n) is 9.53. The molecular weight excluding hydrogens is 184 g/mol. The second kappa shape index (κ2) is 4.33. The van der Waals surface area contributed by atoms with Gasteiger partial charge in [-0.3, -0.25) is 0 Å². The Morgan fingerprint density at radius 1 is 1.33 bits per heavy atom. The molecule has 0 heterocycles. The lowest BCUT2D eigenvalue weighted by atomic mass is 9.73. The third kappa shape index (κ3) is 2.06. The SMILES string of the molecule is CNC(c1ccccc1C)C1CC(N)C1. The van der Waals surface area contributed by atoms with E-state index in [1.54, 1.807) is 0 Å². The van der Waals surface area contributed by atoms with Gasteiger partial charge < -0.3 is 11.1 Å². The topological polar surface area (TPSA) is 38.0 Å². The largest absolute Gasteiger partial charge is 0.328 e. The first-order valence-electron chi connectivity index (χ1n) is 5.70. The van der Waals surface area contributed by atoms with Gasteiger partial charge in [0, 0.05) is 12.1 Å². The Kier molecular flexibility index (Phi) is 3.08. The number of benzene rings is 1. The zero-order valence-corrected chi connectivity index (χ0v) is 9.53. The summed E-state index contributed by atoms with van der Waals surface area (Å²) in [4.78, 5) is 0. The normalized spacial score (nSPS) is 27.1. The van der Waals surface area contributed by atoms with Crippen LogP contribution in [0.2, 0.25) is 0 Å². The summed E-state index contributed by atoms with van der Waals surface area (Å²) in [7, 11) is 2.04. The fourth-order valence-electron chi connectivity index (χ4n) is 2.56. The molecule has 0 amide bonds. The molecule has 1 fully saturated rings. The summed E-state index contributed by atoms with van der Waals surface area (Å²) in [6.07, 6.45) is 2.31. The van der Waals surface area contributed by atoms with Crippen molar-refractivity contribution < 1.29 is 0 Å². The summed E-state index contributed by atoms with van der Waals surface area (Å²) < 4.78 is 0. The Labute approximate surface area is 91.9 Å². The maximum Gasteiger partial charge on any atom is 0.0349 e. The average Bonchev–Trinajstić information content (AvgIpc) is 2.19. The van der Waals surface area contributed by atoms with E-state index in [4.69, 9.17) is 5.73 Å². The lowest BCUT2D eigenvalue weighted by Gasteiger charge is -2.39. The van der Waals surface area contributed by atoms with Crippen molar-refractivity contribution >= 4 is 0 Å². The van der Waals surface area contributed by atoms with Gasteiger partial charge in [-0.05, 0) is 43.9 Å². The van der Waals surface area contributed by atoms with E-state index < -0.39 is 0 Å². The molecule has 0 radical (unpaired) electrons. The molecule has 2 heteroatoms. The molecule has 3 N–H and O–H groups in total. The molecule has 0 bridgehead atoms. The molecule has 2 nitrogen and oxygen atoms in total. The zero-order chi connectivity index (χ0) is 10.8. The lowest BCUT2D eigenvalue weighted by molar-refractivity contribution is 0.203. The van der Waals surface area contributed by atoms with Gasteiger partial charge in [0.15, 0.2) is 0 Å². The van der Waals surface area contributed by atoms with Crippen molar-refractivity contribution in [3.8, 4) is 0 Å². The number of nitrogens with one attached hydrogen (secondary N) is 1. The number of hydrogen-bond acceptors (Lipinski definition) is 2. The average molecular weight is 204 g/mol. The van der Waals surface area contributed by atoms with Gasteiger partial charge in [0.05, 0.1) is 0 Å². The molecular formula is C13H20N2. The summed E-state index contributed by atoms with van der Waals surface area (Å²) >= 11 is 0. The summed E-state index contributed by atoms with van der Waals surface area (Å²) in [5.74, 6) is 0.714. The Morgan fingerprint density at radius 2 is 2.00 bits per heavy atom. The standard InChI is InChI=1S/C13H20N2/c1-9-5-3-4-6-12(9)13(15-2)10-7-11(14)8-10/h3-6,10-11,13,15H,7-8,14H2,1-2H3. The summed E-state index contributed by atoms with van der Waals surface area (Å²) in [5.41, 5.74) is 8.65. The molecule has 2 rings (SSSR count). The van der Waals surface area contributed by atoms with Crippen molar-refractivity contribution in [3.63, 3.8) is 0 Å². The Bertz CT molecular complexity index is 329. The molecule has 15 heavy (non-hydrogen) atoms. The Morgan fingerprint density at radius 3 is 2.53 bits per heavy atom. The van der Waals surface area contributed by atoms with Crippen LogP contribution in [-0.2, 0) is 0 Å². The van der Waals surface area contributed by atoms with Crippen LogP contribution < -0.4 is 11.1 Å². The highest BCUT2D eigenvalue weighted by Crippen LogP contribution is 2.37. The number of rotatable bonds is 3. The lowest BCUT2D eigenvalue weighted by Crippen LogP contribution is -2.42. The molecule has 0 spiro atoms. The third-order valence-electron chi connectivity index (χ3n) is 3.52. The molecule has 1 aromatic rings. The van der Waals surface area contributed by atoms with Crippen LogP contribution in [0.5, 0.6) is 0 Å². The minimum absolute atomic E-state index is 0.426. The monoisotopic (exact) mass is 204 g/mol. The molecule has 1 aliphatic rings. The molecule has 1 aromatic carbocycles. The van der Waals surface area contributed by atoms with Crippen molar-refractivity contribution in [1.82, 2.24) is 5.32 Å². The Hall–Kier alpha value is -0.860. The van der Waals surface area contributed by atoms with Crippen molar-refractivity contribution in [3.05, 3.63) is 35.4 Å². The van der Waals surface area contributed by atoms with Crippen molar-refractivity contribution in [2.24, 2.45) is 11.7 Å². The van der Waals surface area contributed by atoms with Crippen LogP contribution in [-0.4, -0.2) is 13.1 Å². The number of aryl methyl sites for hydroxylation is 1. The number of nitrogens with two attached hydrogens (primary N) is 1. The molecule has 1 unspecified atom stereocenters. The molecule has 1 saturated carbocycles. The summed E-state index contributed by atoms with van der Waals surface area (Å²) in [6, 6.07) is 9.52. The highest BCUT2D eigenvalue weighted by molar-refractivity contribution is 5.29. The van der Waals surface area contributed by atoms with Gasteiger partial charge >= 0.3 is 0 Å². The molecule has 0 saturated heterocycles. The van der Waals surface area contributed by atoms with E-state index in [-0.39, 0.29) is 0 Å². The first kappa shape index (κ1) is 10.7. The van der Waals surface area contributed by atoms with Gasteiger partial charge in [-0.25, -0.2) is 0 Å². The van der Waals surface area contributed by atoms with Crippen molar-refractivity contribution in [2.45, 2.75) is 31.8 Å². The minimum atomic E-state index is 0.426. The molecule has 0 aliphatic heterocycles. The van der Waals surface area contributed by atoms with Crippen molar-refractivity contribution in [2.75, 3.05) is 7.05 Å². The van der Waals surface area contributed by atoms with Crippen LogP contribution in [0.1, 0.15) is 30.0 Å².